The lowest BCUT2D eigenvalue weighted by atomic mass is 9.87. The first-order valence-corrected chi connectivity index (χ1v) is 10.4. The van der Waals surface area contributed by atoms with Gasteiger partial charge in [-0.1, -0.05) is 28.4 Å². The monoisotopic (exact) mass is 481 g/mol. The first kappa shape index (κ1) is 21.4. The van der Waals surface area contributed by atoms with E-state index in [1.165, 1.54) is 7.11 Å². The maximum Gasteiger partial charge on any atom is 0.429 e. The van der Waals surface area contributed by atoms with E-state index in [1.807, 2.05) is 0 Å². The van der Waals surface area contributed by atoms with Gasteiger partial charge in [0.15, 0.2) is 5.82 Å². The lowest BCUT2D eigenvalue weighted by molar-refractivity contribution is -0.216. The number of hydrogen-bond donors (Lipinski definition) is 0. The van der Waals surface area contributed by atoms with E-state index >= 15 is 0 Å². The first-order chi connectivity index (χ1) is 14.1. The highest BCUT2D eigenvalue weighted by Gasteiger charge is 2.54. The molecule has 1 aromatic carbocycles. The van der Waals surface area contributed by atoms with Gasteiger partial charge in [0.25, 0.3) is 0 Å². The van der Waals surface area contributed by atoms with Crippen LogP contribution < -0.4 is 0 Å². The highest BCUT2D eigenvalue weighted by atomic mass is 35.5. The molecule has 0 saturated carbocycles. The summed E-state index contributed by atoms with van der Waals surface area (Å²) in [6.45, 7) is 0. The number of nitrogens with zero attached hydrogens (tertiary/aromatic N) is 1. The molecule has 0 saturated heterocycles. The van der Waals surface area contributed by atoms with Crippen molar-refractivity contribution in [2.75, 3.05) is 7.11 Å². The number of benzene rings is 1. The summed E-state index contributed by atoms with van der Waals surface area (Å²) < 4.78 is 59.8. The van der Waals surface area contributed by atoms with E-state index in [2.05, 4.69) is 5.16 Å². The molecule has 0 fully saturated rings. The molecule has 160 valence electrons. The summed E-state index contributed by atoms with van der Waals surface area (Å²) in [4.78, 5) is 17.7. The van der Waals surface area contributed by atoms with Gasteiger partial charge in [0.2, 0.25) is 6.10 Å². The molecule has 1 aliphatic carbocycles. The van der Waals surface area contributed by atoms with Gasteiger partial charge >= 0.3 is 12.1 Å². The number of esters is 1. The number of hydrogen-bond acceptors (Lipinski definition) is 5. The molecule has 0 amide bonds. The predicted octanol–water partition coefficient (Wildman–Crippen LogP) is 5.92. The van der Waals surface area contributed by atoms with Gasteiger partial charge in [0.05, 0.1) is 28.0 Å². The second kappa shape index (κ2) is 7.69. The lowest BCUT2D eigenvalue weighted by Crippen LogP contribution is -2.35. The van der Waals surface area contributed by atoms with Crippen molar-refractivity contribution in [3.05, 3.63) is 54.4 Å². The average molecular weight is 482 g/mol. The zero-order chi connectivity index (χ0) is 21.8. The number of fused-ring (bicyclic) bond motifs is 1. The summed E-state index contributed by atoms with van der Waals surface area (Å²) >= 11 is 12.7. The highest BCUT2D eigenvalue weighted by Crippen LogP contribution is 2.46. The molecule has 30 heavy (non-hydrogen) atoms. The van der Waals surface area contributed by atoms with Crippen molar-refractivity contribution in [1.82, 2.24) is 0 Å². The van der Waals surface area contributed by atoms with Crippen LogP contribution in [0.4, 0.5) is 17.6 Å². The number of ether oxygens (including phenoxy) is 1. The average Bonchev–Trinajstić information content (AvgIpc) is 3.38. The number of oxime groups is 1. The Balaban J connectivity index is 1.87. The molecule has 11 heteroatoms. The van der Waals surface area contributed by atoms with Crippen LogP contribution in [0.25, 0.3) is 0 Å². The summed E-state index contributed by atoms with van der Waals surface area (Å²) in [6.07, 6.45) is -5.09. The molecular formula is C19H13Cl2F4NO3S. The SMILES string of the molecule is COC(=O)c1sc(C2=NOC(C(F)(F)F)C2c2cc(Cl)c(F)c(Cl)c2)c2c1CCC2. The standard InChI is InChI=1S/C19H13Cl2F4NO3S/c1-28-18(27)16-9-4-2-3-8(9)15(30-16)14-12(17(29-26-14)19(23,24)25)7-5-10(20)13(22)11(21)6-7/h5-6,12,17H,2-4H2,1H3. The zero-order valence-electron chi connectivity index (χ0n) is 15.3. The summed E-state index contributed by atoms with van der Waals surface area (Å²) in [5.74, 6) is -2.90. The quantitative estimate of drug-likeness (QED) is 0.310. The number of thiophene rings is 1. The molecule has 4 nitrogen and oxygen atoms in total. The van der Waals surface area contributed by atoms with Crippen LogP contribution in [0.3, 0.4) is 0 Å². The van der Waals surface area contributed by atoms with Crippen LogP contribution in [0, 0.1) is 5.82 Å². The minimum Gasteiger partial charge on any atom is -0.465 e. The first-order valence-electron chi connectivity index (χ1n) is 8.81. The van der Waals surface area contributed by atoms with E-state index in [0.717, 1.165) is 41.0 Å². The number of halogens is 6. The molecule has 4 rings (SSSR count). The van der Waals surface area contributed by atoms with Crippen molar-refractivity contribution >= 4 is 46.2 Å². The summed E-state index contributed by atoms with van der Waals surface area (Å²) in [7, 11) is 1.24. The van der Waals surface area contributed by atoms with Crippen LogP contribution in [-0.4, -0.2) is 31.1 Å². The van der Waals surface area contributed by atoms with Gasteiger partial charge in [0, 0.05) is 0 Å². The Morgan fingerprint density at radius 1 is 1.23 bits per heavy atom. The number of methoxy groups -OCH3 is 1. The molecule has 0 N–H and O–H groups in total. The van der Waals surface area contributed by atoms with Gasteiger partial charge in [-0.05, 0) is 48.1 Å². The Bertz CT molecular complexity index is 1040. The van der Waals surface area contributed by atoms with Gasteiger partial charge in [-0.3, -0.25) is 0 Å². The maximum atomic E-state index is 13.9. The molecule has 1 aromatic heterocycles. The fourth-order valence-corrected chi connectivity index (χ4v) is 5.67. The second-order valence-corrected chi connectivity index (χ2v) is 8.72. The fraction of sp³-hybridized carbons (Fsp3) is 0.368. The van der Waals surface area contributed by atoms with Gasteiger partial charge in [-0.15, -0.1) is 11.3 Å². The largest absolute Gasteiger partial charge is 0.465 e. The van der Waals surface area contributed by atoms with E-state index < -0.39 is 40.0 Å². The van der Waals surface area contributed by atoms with Crippen LogP contribution in [0.1, 0.15) is 43.6 Å². The minimum atomic E-state index is -4.76. The van der Waals surface area contributed by atoms with Crippen molar-refractivity contribution in [3.8, 4) is 0 Å². The smallest absolute Gasteiger partial charge is 0.429 e. The number of alkyl halides is 3. The van der Waals surface area contributed by atoms with Crippen molar-refractivity contribution in [2.45, 2.75) is 37.5 Å². The van der Waals surface area contributed by atoms with Crippen LogP contribution in [0.15, 0.2) is 17.3 Å². The van der Waals surface area contributed by atoms with E-state index in [0.29, 0.717) is 22.6 Å². The van der Waals surface area contributed by atoms with E-state index in [9.17, 15) is 22.4 Å². The van der Waals surface area contributed by atoms with E-state index in [1.54, 1.807) is 0 Å². The summed E-state index contributed by atoms with van der Waals surface area (Å²) in [6, 6.07) is 2.18. The highest BCUT2D eigenvalue weighted by molar-refractivity contribution is 7.16. The Kier molecular flexibility index (Phi) is 5.48. The molecule has 0 spiro atoms. The lowest BCUT2D eigenvalue weighted by Gasteiger charge is -2.22. The van der Waals surface area contributed by atoms with E-state index in [4.69, 9.17) is 32.8 Å². The third-order valence-corrected chi connectivity index (χ3v) is 6.95. The molecule has 2 heterocycles. The Hall–Kier alpha value is -1.84. The van der Waals surface area contributed by atoms with Crippen molar-refractivity contribution in [3.63, 3.8) is 0 Å². The fourth-order valence-electron chi connectivity index (χ4n) is 3.83. The molecule has 0 radical (unpaired) electrons. The molecular weight excluding hydrogens is 469 g/mol. The van der Waals surface area contributed by atoms with E-state index in [-0.39, 0.29) is 11.3 Å². The van der Waals surface area contributed by atoms with Gasteiger partial charge in [0.1, 0.15) is 10.6 Å². The molecule has 2 unspecified atom stereocenters. The Labute approximate surface area is 182 Å². The maximum absolute atomic E-state index is 13.9. The van der Waals surface area contributed by atoms with Gasteiger partial charge < -0.3 is 9.57 Å². The van der Waals surface area contributed by atoms with Crippen LogP contribution in [0.2, 0.25) is 10.0 Å². The second-order valence-electron chi connectivity index (χ2n) is 6.88. The van der Waals surface area contributed by atoms with Crippen molar-refractivity contribution < 1.29 is 31.9 Å². The van der Waals surface area contributed by atoms with Gasteiger partial charge in [-0.25, -0.2) is 9.18 Å². The molecule has 1 aliphatic heterocycles. The molecule has 0 bridgehead atoms. The normalized spacial score (nSPS) is 20.7. The number of rotatable bonds is 3. The van der Waals surface area contributed by atoms with Crippen LogP contribution in [-0.2, 0) is 22.4 Å². The van der Waals surface area contributed by atoms with Crippen LogP contribution in [0.5, 0.6) is 0 Å². The summed E-state index contributed by atoms with van der Waals surface area (Å²) in [5, 5.41) is 2.93. The number of carbonyl (C=O) groups is 1. The van der Waals surface area contributed by atoms with Crippen LogP contribution >= 0.6 is 34.5 Å². The predicted molar refractivity (Wildman–Crippen MR) is 104 cm³/mol. The molecule has 2 atom stereocenters. The minimum absolute atomic E-state index is 0.00868. The third-order valence-electron chi connectivity index (χ3n) is 5.12. The molecule has 2 aromatic rings. The molecule has 2 aliphatic rings. The van der Waals surface area contributed by atoms with Crippen molar-refractivity contribution in [2.24, 2.45) is 5.16 Å². The summed E-state index contributed by atoms with van der Waals surface area (Å²) in [5.41, 5.74) is 1.54. The third kappa shape index (κ3) is 3.46. The topological polar surface area (TPSA) is 47.9 Å². The Morgan fingerprint density at radius 2 is 1.87 bits per heavy atom. The van der Waals surface area contributed by atoms with Gasteiger partial charge in [-0.2, -0.15) is 13.2 Å². The number of carbonyl (C=O) groups excluding carboxylic acids is 1. The Morgan fingerprint density at radius 3 is 2.47 bits per heavy atom. The zero-order valence-corrected chi connectivity index (χ0v) is 17.6. The van der Waals surface area contributed by atoms with Crippen molar-refractivity contribution in [1.29, 1.82) is 0 Å².